The fourth-order valence-corrected chi connectivity index (χ4v) is 2.45. The first-order valence-corrected chi connectivity index (χ1v) is 6.49. The van der Waals surface area contributed by atoms with E-state index < -0.39 is 23.6 Å². The lowest BCUT2D eigenvalue weighted by Gasteiger charge is -2.26. The van der Waals surface area contributed by atoms with Crippen molar-refractivity contribution in [1.82, 2.24) is 4.90 Å². The number of carboxylic acids is 1. The number of carbonyl (C=O) groups is 2. The summed E-state index contributed by atoms with van der Waals surface area (Å²) < 4.78 is 19.0. The molecule has 0 bridgehead atoms. The SMILES string of the molecule is CN(Cc1cc(C(N)=O)ccc1F)C1COCC1C(=O)O. The number of nitrogens with two attached hydrogens (primary N) is 1. The molecule has 0 aliphatic carbocycles. The summed E-state index contributed by atoms with van der Waals surface area (Å²) in [6.07, 6.45) is 0. The van der Waals surface area contributed by atoms with E-state index in [4.69, 9.17) is 15.6 Å². The molecule has 3 N–H and O–H groups in total. The molecule has 21 heavy (non-hydrogen) atoms. The molecular weight excluding hydrogens is 279 g/mol. The number of hydrogen-bond donors (Lipinski definition) is 2. The van der Waals surface area contributed by atoms with Crippen molar-refractivity contribution < 1.29 is 23.8 Å². The Morgan fingerprint density at radius 3 is 2.81 bits per heavy atom. The van der Waals surface area contributed by atoms with Crippen molar-refractivity contribution in [2.75, 3.05) is 20.3 Å². The largest absolute Gasteiger partial charge is 0.481 e. The summed E-state index contributed by atoms with van der Waals surface area (Å²) in [6, 6.07) is 3.56. The van der Waals surface area contributed by atoms with Crippen LogP contribution < -0.4 is 5.73 Å². The van der Waals surface area contributed by atoms with Crippen LogP contribution in [0.5, 0.6) is 0 Å². The molecule has 0 spiro atoms. The van der Waals surface area contributed by atoms with Gasteiger partial charge in [-0.1, -0.05) is 0 Å². The van der Waals surface area contributed by atoms with Crippen LogP contribution in [0, 0.1) is 11.7 Å². The highest BCUT2D eigenvalue weighted by atomic mass is 19.1. The van der Waals surface area contributed by atoms with Crippen LogP contribution in [-0.4, -0.2) is 48.2 Å². The quantitative estimate of drug-likeness (QED) is 0.823. The van der Waals surface area contributed by atoms with Gasteiger partial charge in [-0.15, -0.1) is 0 Å². The van der Waals surface area contributed by atoms with Crippen LogP contribution in [0.15, 0.2) is 18.2 Å². The number of amides is 1. The minimum absolute atomic E-state index is 0.147. The van der Waals surface area contributed by atoms with Crippen LogP contribution in [0.25, 0.3) is 0 Å². The van der Waals surface area contributed by atoms with Gasteiger partial charge in [0.1, 0.15) is 5.82 Å². The van der Waals surface area contributed by atoms with Crippen LogP contribution in [-0.2, 0) is 16.1 Å². The molecule has 2 atom stereocenters. The number of ether oxygens (including phenoxy) is 1. The molecule has 2 rings (SSSR count). The molecule has 114 valence electrons. The molecule has 0 radical (unpaired) electrons. The Labute approximate surface area is 121 Å². The summed E-state index contributed by atoms with van der Waals surface area (Å²) in [6.45, 7) is 0.601. The van der Waals surface area contributed by atoms with E-state index in [0.29, 0.717) is 5.56 Å². The number of nitrogens with zero attached hydrogens (tertiary/aromatic N) is 1. The molecule has 6 nitrogen and oxygen atoms in total. The number of rotatable bonds is 5. The smallest absolute Gasteiger partial charge is 0.310 e. The first-order valence-electron chi connectivity index (χ1n) is 6.49. The first-order chi connectivity index (χ1) is 9.90. The van der Waals surface area contributed by atoms with Gasteiger partial charge < -0.3 is 15.6 Å². The molecule has 2 unspecified atom stereocenters. The van der Waals surface area contributed by atoms with Gasteiger partial charge in [-0.3, -0.25) is 14.5 Å². The summed E-state index contributed by atoms with van der Waals surface area (Å²) in [4.78, 5) is 24.0. The Hall–Kier alpha value is -1.99. The molecule has 1 aliphatic heterocycles. The molecule has 0 saturated carbocycles. The molecule has 0 aromatic heterocycles. The van der Waals surface area contributed by atoms with Crippen molar-refractivity contribution in [3.63, 3.8) is 0 Å². The number of hydrogen-bond acceptors (Lipinski definition) is 4. The van der Waals surface area contributed by atoms with E-state index in [9.17, 15) is 14.0 Å². The maximum Gasteiger partial charge on any atom is 0.310 e. The van der Waals surface area contributed by atoms with Gasteiger partial charge in [0, 0.05) is 23.7 Å². The van der Waals surface area contributed by atoms with Gasteiger partial charge in [0.25, 0.3) is 0 Å². The van der Waals surface area contributed by atoms with Gasteiger partial charge >= 0.3 is 5.97 Å². The summed E-state index contributed by atoms with van der Waals surface area (Å²) >= 11 is 0. The lowest BCUT2D eigenvalue weighted by molar-refractivity contribution is -0.143. The standard InChI is InChI=1S/C14H17FN2O4/c1-17(12-7-21-6-10(12)14(19)20)5-9-4-8(13(16)18)2-3-11(9)15/h2-4,10,12H,5-7H2,1H3,(H2,16,18)(H,19,20). The van der Waals surface area contributed by atoms with Crippen LogP contribution in [0.2, 0.25) is 0 Å². The van der Waals surface area contributed by atoms with Crippen LogP contribution in [0.1, 0.15) is 15.9 Å². The summed E-state index contributed by atoms with van der Waals surface area (Å²) in [5.74, 6) is -2.67. The zero-order chi connectivity index (χ0) is 15.6. The number of benzene rings is 1. The third kappa shape index (κ3) is 3.37. The Balaban J connectivity index is 2.15. The maximum absolute atomic E-state index is 13.8. The van der Waals surface area contributed by atoms with E-state index in [0.717, 1.165) is 0 Å². The van der Waals surface area contributed by atoms with Crippen LogP contribution in [0.4, 0.5) is 4.39 Å². The van der Waals surface area contributed by atoms with E-state index in [1.54, 1.807) is 11.9 Å². The predicted octanol–water partition coefficient (Wildman–Crippen LogP) is 0.456. The number of likely N-dealkylation sites (N-methyl/N-ethyl adjacent to an activating group) is 1. The monoisotopic (exact) mass is 296 g/mol. The molecule has 1 aliphatic rings. The second-order valence-electron chi connectivity index (χ2n) is 5.14. The second kappa shape index (κ2) is 6.19. The highest BCUT2D eigenvalue weighted by Crippen LogP contribution is 2.22. The lowest BCUT2D eigenvalue weighted by Crippen LogP contribution is -2.40. The van der Waals surface area contributed by atoms with Crippen LogP contribution >= 0.6 is 0 Å². The Morgan fingerprint density at radius 1 is 1.48 bits per heavy atom. The zero-order valence-electron chi connectivity index (χ0n) is 11.6. The molecule has 1 amide bonds. The fourth-order valence-electron chi connectivity index (χ4n) is 2.45. The summed E-state index contributed by atoms with van der Waals surface area (Å²) in [5.41, 5.74) is 5.69. The third-order valence-electron chi connectivity index (χ3n) is 3.68. The Bertz CT molecular complexity index is 564. The molecule has 1 heterocycles. The minimum Gasteiger partial charge on any atom is -0.481 e. The van der Waals surface area contributed by atoms with Crippen molar-refractivity contribution in [2.45, 2.75) is 12.6 Å². The van der Waals surface area contributed by atoms with Gasteiger partial charge in [-0.2, -0.15) is 0 Å². The average molecular weight is 296 g/mol. The normalized spacial score (nSPS) is 21.7. The number of carboxylic acid groups (broad SMARTS) is 1. The van der Waals surface area contributed by atoms with Gasteiger partial charge in [0.05, 0.1) is 19.1 Å². The Morgan fingerprint density at radius 2 is 2.19 bits per heavy atom. The number of primary amides is 1. The van der Waals surface area contributed by atoms with Gasteiger partial charge in [-0.25, -0.2) is 4.39 Å². The van der Waals surface area contributed by atoms with Gasteiger partial charge in [0.2, 0.25) is 5.91 Å². The molecular formula is C14H17FN2O4. The fraction of sp³-hybridized carbons (Fsp3) is 0.429. The number of aliphatic carboxylic acids is 1. The predicted molar refractivity (Wildman–Crippen MR) is 72.1 cm³/mol. The number of carbonyl (C=O) groups excluding carboxylic acids is 1. The topological polar surface area (TPSA) is 92.9 Å². The zero-order valence-corrected chi connectivity index (χ0v) is 11.6. The first kappa shape index (κ1) is 15.4. The number of halogens is 1. The van der Waals surface area contributed by atoms with Crippen molar-refractivity contribution in [3.8, 4) is 0 Å². The van der Waals surface area contributed by atoms with Crippen LogP contribution in [0.3, 0.4) is 0 Å². The van der Waals surface area contributed by atoms with E-state index in [1.807, 2.05) is 0 Å². The highest BCUT2D eigenvalue weighted by Gasteiger charge is 2.36. The molecule has 7 heteroatoms. The van der Waals surface area contributed by atoms with Crippen molar-refractivity contribution >= 4 is 11.9 Å². The summed E-state index contributed by atoms with van der Waals surface area (Å²) in [7, 11) is 1.70. The molecule has 1 saturated heterocycles. The molecule has 1 fully saturated rings. The van der Waals surface area contributed by atoms with Gasteiger partial charge in [-0.05, 0) is 25.2 Å². The van der Waals surface area contributed by atoms with Crippen molar-refractivity contribution in [1.29, 1.82) is 0 Å². The van der Waals surface area contributed by atoms with Crippen molar-refractivity contribution in [2.24, 2.45) is 11.7 Å². The van der Waals surface area contributed by atoms with E-state index in [1.165, 1.54) is 18.2 Å². The van der Waals surface area contributed by atoms with Gasteiger partial charge in [0.15, 0.2) is 0 Å². The molecule has 1 aromatic rings. The average Bonchev–Trinajstić information content (AvgIpc) is 2.90. The van der Waals surface area contributed by atoms with E-state index in [-0.39, 0.29) is 31.4 Å². The highest BCUT2D eigenvalue weighted by molar-refractivity contribution is 5.92. The molecule has 1 aromatic carbocycles. The summed E-state index contributed by atoms with van der Waals surface area (Å²) in [5, 5.41) is 9.13. The van der Waals surface area contributed by atoms with Crippen molar-refractivity contribution in [3.05, 3.63) is 35.1 Å². The minimum atomic E-state index is -0.935. The lowest BCUT2D eigenvalue weighted by atomic mass is 10.0. The van der Waals surface area contributed by atoms with E-state index >= 15 is 0 Å². The second-order valence-corrected chi connectivity index (χ2v) is 5.14. The maximum atomic E-state index is 13.8. The third-order valence-corrected chi connectivity index (χ3v) is 3.68. The van der Waals surface area contributed by atoms with E-state index in [2.05, 4.69) is 0 Å². The Kier molecular flexibility index (Phi) is 4.54.